The maximum absolute atomic E-state index is 12.0. The minimum atomic E-state index is -4.69. The van der Waals surface area contributed by atoms with Crippen molar-refractivity contribution in [2.75, 3.05) is 5.65 Å². The molecule has 0 bridgehead atoms. The first-order valence-corrected chi connectivity index (χ1v) is 5.28. The molecule has 0 nitrogen and oxygen atoms in total. The fourth-order valence-corrected chi connectivity index (χ4v) is 1.80. The lowest BCUT2D eigenvalue weighted by Gasteiger charge is -2.13. The van der Waals surface area contributed by atoms with Gasteiger partial charge in [-0.1, -0.05) is 6.07 Å². The van der Waals surface area contributed by atoms with Crippen LogP contribution in [0.3, 0.4) is 0 Å². The van der Waals surface area contributed by atoms with Crippen LogP contribution in [0.1, 0.15) is 11.1 Å². The van der Waals surface area contributed by atoms with Gasteiger partial charge in [0.25, 0.3) is 0 Å². The third kappa shape index (κ3) is 3.66. The molecule has 0 fully saturated rings. The summed E-state index contributed by atoms with van der Waals surface area (Å²) in [5.41, 5.74) is 1.37. The third-order valence-corrected chi connectivity index (χ3v) is 3.05. The van der Waals surface area contributed by atoms with Crippen LogP contribution in [0.4, 0.5) is 12.9 Å². The summed E-state index contributed by atoms with van der Waals surface area (Å²) in [4.78, 5) is 0.687. The predicted molar refractivity (Wildman–Crippen MR) is 55.7 cm³/mol. The Balaban J connectivity index is 2.65. The number of benzene rings is 1. The van der Waals surface area contributed by atoms with Gasteiger partial charge in [-0.05, 0) is 42.8 Å². The van der Waals surface area contributed by atoms with Gasteiger partial charge >= 0.3 is 6.98 Å². The molecule has 1 rings (SSSR count). The lowest BCUT2D eigenvalue weighted by atomic mass is 9.98. The van der Waals surface area contributed by atoms with Crippen LogP contribution in [0.25, 0.3) is 0 Å². The minimum Gasteiger partial charge on any atom is -0.448 e. The second kappa shape index (κ2) is 4.30. The molecule has 1 aromatic rings. The lowest BCUT2D eigenvalue weighted by Crippen LogP contribution is -2.18. The van der Waals surface area contributed by atoms with Gasteiger partial charge in [-0.3, -0.25) is 0 Å². The zero-order valence-electron chi connectivity index (χ0n) is 8.06. The van der Waals surface area contributed by atoms with Crippen molar-refractivity contribution >= 4 is 18.7 Å². The summed E-state index contributed by atoms with van der Waals surface area (Å²) in [6, 6.07) is 5.37. The zero-order valence-corrected chi connectivity index (χ0v) is 8.88. The van der Waals surface area contributed by atoms with E-state index in [1.165, 1.54) is 0 Å². The summed E-state index contributed by atoms with van der Waals surface area (Å²) in [5.74, 6) is 0. The minimum absolute atomic E-state index is 0.687. The van der Waals surface area contributed by atoms with Gasteiger partial charge in [0, 0.05) is 4.90 Å². The summed E-state index contributed by atoms with van der Waals surface area (Å²) in [5, 5.41) is 0. The molecule has 0 spiro atoms. The Kier molecular flexibility index (Phi) is 3.53. The van der Waals surface area contributed by atoms with E-state index in [9.17, 15) is 12.9 Å². The summed E-state index contributed by atoms with van der Waals surface area (Å²) in [6.07, 6.45) is 0. The van der Waals surface area contributed by atoms with Crippen molar-refractivity contribution < 1.29 is 12.9 Å². The average molecular weight is 219 g/mol. The number of thioether (sulfide) groups is 1. The van der Waals surface area contributed by atoms with Crippen LogP contribution in [0.15, 0.2) is 23.1 Å². The largest absolute Gasteiger partial charge is 0.488 e. The van der Waals surface area contributed by atoms with E-state index in [0.717, 1.165) is 22.9 Å². The Hall–Kier alpha value is -0.575. The molecular formula is C9H11BF3S-. The normalized spacial score (nSPS) is 11.8. The monoisotopic (exact) mass is 219 g/mol. The highest BCUT2D eigenvalue weighted by molar-refractivity contribution is 8.00. The molecule has 0 radical (unpaired) electrons. The molecule has 0 unspecified atom stereocenters. The highest BCUT2D eigenvalue weighted by Crippen LogP contribution is 2.25. The third-order valence-electron chi connectivity index (χ3n) is 1.92. The number of aryl methyl sites for hydroxylation is 2. The molecule has 0 atom stereocenters. The van der Waals surface area contributed by atoms with E-state index in [1.54, 1.807) is 12.1 Å². The van der Waals surface area contributed by atoms with Gasteiger partial charge in [0.1, 0.15) is 0 Å². The van der Waals surface area contributed by atoms with Crippen molar-refractivity contribution in [3.05, 3.63) is 29.3 Å². The molecule has 78 valence electrons. The maximum atomic E-state index is 12.0. The molecule has 14 heavy (non-hydrogen) atoms. The van der Waals surface area contributed by atoms with Crippen LogP contribution in [-0.4, -0.2) is 12.6 Å². The van der Waals surface area contributed by atoms with Crippen molar-refractivity contribution in [3.8, 4) is 0 Å². The zero-order chi connectivity index (χ0) is 10.8. The van der Waals surface area contributed by atoms with E-state index < -0.39 is 12.6 Å². The van der Waals surface area contributed by atoms with Crippen LogP contribution in [0.2, 0.25) is 0 Å². The Bertz CT molecular complexity index is 322. The molecule has 0 saturated heterocycles. The first kappa shape index (κ1) is 11.5. The Morgan fingerprint density at radius 2 is 1.79 bits per heavy atom. The van der Waals surface area contributed by atoms with Crippen LogP contribution in [0.5, 0.6) is 0 Å². The van der Waals surface area contributed by atoms with Crippen LogP contribution in [-0.2, 0) is 0 Å². The average Bonchev–Trinajstić information content (AvgIpc) is 2.06. The molecule has 0 heterocycles. The highest BCUT2D eigenvalue weighted by Gasteiger charge is 2.22. The number of hydrogen-bond donors (Lipinski definition) is 0. The first-order valence-electron chi connectivity index (χ1n) is 4.29. The van der Waals surface area contributed by atoms with Gasteiger partial charge in [0.05, 0.1) is 0 Å². The van der Waals surface area contributed by atoms with E-state index in [1.807, 2.05) is 19.9 Å². The Labute approximate surface area is 86.0 Å². The van der Waals surface area contributed by atoms with Crippen molar-refractivity contribution in [1.82, 2.24) is 0 Å². The standard InChI is InChI=1S/C9H11BF3S/c1-7-3-4-9(5-8(7)2)14-6-10(11,12)13/h3-5H,6H2,1-2H3/q-1. The van der Waals surface area contributed by atoms with E-state index in [0.29, 0.717) is 4.90 Å². The molecule has 1 aromatic carbocycles. The Morgan fingerprint density at radius 1 is 1.14 bits per heavy atom. The van der Waals surface area contributed by atoms with Crippen molar-refractivity contribution in [2.24, 2.45) is 0 Å². The topological polar surface area (TPSA) is 0 Å². The van der Waals surface area contributed by atoms with Crippen molar-refractivity contribution in [3.63, 3.8) is 0 Å². The lowest BCUT2D eigenvalue weighted by molar-refractivity contribution is 0.485. The fourth-order valence-electron chi connectivity index (χ4n) is 0.994. The van der Waals surface area contributed by atoms with Crippen molar-refractivity contribution in [2.45, 2.75) is 18.7 Å². The quantitative estimate of drug-likeness (QED) is 0.550. The second-order valence-corrected chi connectivity index (χ2v) is 4.36. The molecule has 0 aliphatic carbocycles. The van der Waals surface area contributed by atoms with Gasteiger partial charge in [0.2, 0.25) is 0 Å². The first-order chi connectivity index (χ1) is 6.38. The van der Waals surface area contributed by atoms with Crippen LogP contribution >= 0.6 is 11.8 Å². The molecule has 0 aliphatic rings. The van der Waals surface area contributed by atoms with Crippen LogP contribution in [0, 0.1) is 13.8 Å². The second-order valence-electron chi connectivity index (χ2n) is 3.27. The van der Waals surface area contributed by atoms with Crippen molar-refractivity contribution in [1.29, 1.82) is 0 Å². The molecule has 0 aliphatic heterocycles. The number of rotatable bonds is 3. The van der Waals surface area contributed by atoms with Gasteiger partial charge in [-0.25, -0.2) is 0 Å². The number of hydrogen-bond acceptors (Lipinski definition) is 1. The summed E-state index contributed by atoms with van der Waals surface area (Å²) < 4.78 is 35.9. The Morgan fingerprint density at radius 3 is 2.29 bits per heavy atom. The molecule has 5 heteroatoms. The number of halogens is 3. The molecule has 0 amide bonds. The molecular weight excluding hydrogens is 208 g/mol. The smallest absolute Gasteiger partial charge is 0.448 e. The van der Waals surface area contributed by atoms with E-state index >= 15 is 0 Å². The van der Waals surface area contributed by atoms with Gasteiger partial charge < -0.3 is 12.9 Å². The fraction of sp³-hybridized carbons (Fsp3) is 0.333. The molecule has 0 N–H and O–H groups in total. The summed E-state index contributed by atoms with van der Waals surface area (Å²) in [7, 11) is 0. The SMILES string of the molecule is Cc1ccc(SC[B-](F)(F)F)cc1C. The van der Waals surface area contributed by atoms with E-state index in [2.05, 4.69) is 0 Å². The summed E-state index contributed by atoms with van der Waals surface area (Å²) >= 11 is 0.853. The maximum Gasteiger partial charge on any atom is 0.488 e. The van der Waals surface area contributed by atoms with Crippen LogP contribution < -0.4 is 0 Å². The summed E-state index contributed by atoms with van der Waals surface area (Å²) in [6.45, 7) is -0.842. The van der Waals surface area contributed by atoms with E-state index in [4.69, 9.17) is 0 Å². The highest BCUT2D eigenvalue weighted by atomic mass is 32.2. The van der Waals surface area contributed by atoms with Gasteiger partial charge in [-0.2, -0.15) is 11.8 Å². The van der Waals surface area contributed by atoms with E-state index in [-0.39, 0.29) is 0 Å². The molecule has 0 saturated carbocycles. The molecule has 0 aromatic heterocycles. The van der Waals surface area contributed by atoms with Gasteiger partial charge in [0.15, 0.2) is 0 Å². The predicted octanol–water partition coefficient (Wildman–Crippen LogP) is 3.78. The van der Waals surface area contributed by atoms with Gasteiger partial charge in [-0.15, -0.1) is 0 Å².